The molecule has 10 nitrogen and oxygen atoms in total. The van der Waals surface area contributed by atoms with Gasteiger partial charge in [0.15, 0.2) is 0 Å². The molecule has 0 saturated carbocycles. The lowest BCUT2D eigenvalue weighted by Gasteiger charge is -2.35. The Labute approximate surface area is 253 Å². The molecule has 2 unspecified atom stereocenters. The van der Waals surface area contributed by atoms with Crippen LogP contribution in [0.1, 0.15) is 66.5 Å². The Morgan fingerprint density at radius 3 is 2.67 bits per heavy atom. The number of sulfonamides is 1. The van der Waals surface area contributed by atoms with E-state index in [0.29, 0.717) is 13.1 Å². The number of ether oxygens (including phenoxy) is 1. The van der Waals surface area contributed by atoms with Gasteiger partial charge in [-0.15, -0.1) is 5.10 Å². The van der Waals surface area contributed by atoms with Crippen LogP contribution in [0.5, 0.6) is 5.75 Å². The smallest absolute Gasteiger partial charge is 0.240 e. The van der Waals surface area contributed by atoms with Crippen molar-refractivity contribution < 1.29 is 17.9 Å². The van der Waals surface area contributed by atoms with Crippen LogP contribution in [0.2, 0.25) is 0 Å². The Hall–Kier alpha value is -3.83. The molecule has 1 aliphatic rings. The van der Waals surface area contributed by atoms with Gasteiger partial charge in [-0.25, -0.2) is 13.1 Å². The lowest BCUT2D eigenvalue weighted by molar-refractivity contribution is -0.128. The fraction of sp³-hybridized carbons (Fsp3) is 0.438. The van der Waals surface area contributed by atoms with Gasteiger partial charge in [-0.1, -0.05) is 50.3 Å². The largest absolute Gasteiger partial charge is 0.489 e. The Bertz CT molecular complexity index is 1780. The maximum atomic E-state index is 13.6. The standard InChI is InChI=1S/C32H40N6O4S/c1-8-25-19-38(18-24-16-33-14-13-28(24)42-25)17-23-15-22(10-9-20(23)2)29(32(4,5)31(39)35-43(7,40)41)26-11-12-27-30(21(26)3)34-36-37(27)6/h9-16,25,29H,8,17-19H2,1-7H3,(H,35,39). The van der Waals surface area contributed by atoms with Crippen LogP contribution in [0, 0.1) is 19.3 Å². The van der Waals surface area contributed by atoms with Gasteiger partial charge < -0.3 is 4.74 Å². The summed E-state index contributed by atoms with van der Waals surface area (Å²) in [6.45, 7) is 11.9. The average Bonchev–Trinajstić information content (AvgIpc) is 3.22. The molecule has 0 radical (unpaired) electrons. The van der Waals surface area contributed by atoms with Crippen molar-refractivity contribution in [1.82, 2.24) is 29.6 Å². The minimum Gasteiger partial charge on any atom is -0.489 e. The number of carbonyl (C=O) groups excluding carboxylic acids is 1. The average molecular weight is 605 g/mol. The summed E-state index contributed by atoms with van der Waals surface area (Å²) in [5, 5.41) is 8.58. The Morgan fingerprint density at radius 1 is 1.19 bits per heavy atom. The highest BCUT2D eigenvalue weighted by Gasteiger charge is 2.41. The van der Waals surface area contributed by atoms with Crippen LogP contribution in [0.4, 0.5) is 0 Å². The molecule has 0 spiro atoms. The van der Waals surface area contributed by atoms with Gasteiger partial charge in [0.25, 0.3) is 0 Å². The zero-order chi connectivity index (χ0) is 31.1. The molecule has 5 rings (SSSR count). The molecule has 3 heterocycles. The molecule has 0 aliphatic carbocycles. The van der Waals surface area contributed by atoms with Gasteiger partial charge in [0.1, 0.15) is 17.4 Å². The molecule has 0 bridgehead atoms. The molecule has 4 aromatic rings. The number of carbonyl (C=O) groups is 1. The number of rotatable bonds is 8. The third-order valence-corrected chi connectivity index (χ3v) is 9.10. The highest BCUT2D eigenvalue weighted by Crippen LogP contribution is 2.44. The van der Waals surface area contributed by atoms with Crippen molar-refractivity contribution in [3.8, 4) is 5.75 Å². The number of pyridine rings is 1. The van der Waals surface area contributed by atoms with Crippen molar-refractivity contribution in [3.05, 3.63) is 82.2 Å². The number of hydrogen-bond donors (Lipinski definition) is 1. The lowest BCUT2D eigenvalue weighted by atomic mass is 9.69. The molecule has 228 valence electrons. The number of amides is 1. The van der Waals surface area contributed by atoms with Gasteiger partial charge >= 0.3 is 0 Å². The van der Waals surface area contributed by atoms with Crippen LogP contribution >= 0.6 is 0 Å². The van der Waals surface area contributed by atoms with Crippen LogP contribution in [0.25, 0.3) is 11.0 Å². The van der Waals surface area contributed by atoms with Crippen molar-refractivity contribution in [1.29, 1.82) is 0 Å². The predicted octanol–water partition coefficient (Wildman–Crippen LogP) is 4.39. The molecule has 1 N–H and O–H groups in total. The van der Waals surface area contributed by atoms with Crippen LogP contribution in [-0.2, 0) is 35.0 Å². The summed E-state index contributed by atoms with van der Waals surface area (Å²) < 4.78 is 34.5. The first-order valence-electron chi connectivity index (χ1n) is 14.5. The van der Waals surface area contributed by atoms with Gasteiger partial charge in [0, 0.05) is 50.6 Å². The number of aromatic nitrogens is 4. The second-order valence-corrected chi connectivity index (χ2v) is 14.0. The molecule has 2 atom stereocenters. The molecule has 11 heteroatoms. The maximum absolute atomic E-state index is 13.6. The van der Waals surface area contributed by atoms with Crippen LogP contribution in [0.3, 0.4) is 0 Å². The zero-order valence-electron chi connectivity index (χ0n) is 25.9. The molecule has 1 amide bonds. The Morgan fingerprint density at radius 2 is 1.95 bits per heavy atom. The third-order valence-electron chi connectivity index (χ3n) is 8.54. The number of fused-ring (bicyclic) bond motifs is 2. The fourth-order valence-electron chi connectivity index (χ4n) is 6.05. The van der Waals surface area contributed by atoms with E-state index in [1.54, 1.807) is 24.7 Å². The second-order valence-electron chi connectivity index (χ2n) is 12.2. The van der Waals surface area contributed by atoms with Crippen molar-refractivity contribution in [2.75, 3.05) is 12.8 Å². The minimum atomic E-state index is -3.76. The molecule has 43 heavy (non-hydrogen) atoms. The molecule has 2 aromatic heterocycles. The van der Waals surface area contributed by atoms with Crippen molar-refractivity contribution >= 4 is 27.0 Å². The van der Waals surface area contributed by atoms with E-state index >= 15 is 0 Å². The van der Waals surface area contributed by atoms with E-state index in [2.05, 4.69) is 50.9 Å². The summed E-state index contributed by atoms with van der Waals surface area (Å²) in [6, 6.07) is 12.2. The first-order valence-corrected chi connectivity index (χ1v) is 16.4. The lowest BCUT2D eigenvalue weighted by Crippen LogP contribution is -2.43. The van der Waals surface area contributed by atoms with Gasteiger partial charge in [-0.3, -0.25) is 19.4 Å². The molecular formula is C32H40N6O4S. The topological polar surface area (TPSA) is 119 Å². The first-order chi connectivity index (χ1) is 20.3. The van der Waals surface area contributed by atoms with E-state index in [9.17, 15) is 13.2 Å². The minimum absolute atomic E-state index is 0.0554. The fourth-order valence-corrected chi connectivity index (χ4v) is 6.65. The monoisotopic (exact) mass is 604 g/mol. The van der Waals surface area contributed by atoms with E-state index in [-0.39, 0.29) is 6.10 Å². The summed E-state index contributed by atoms with van der Waals surface area (Å²) in [6.07, 6.45) is 5.57. The quantitative estimate of drug-likeness (QED) is 0.315. The molecule has 0 fully saturated rings. The van der Waals surface area contributed by atoms with Gasteiger partial charge in [0.2, 0.25) is 15.9 Å². The third kappa shape index (κ3) is 6.28. The molecular weight excluding hydrogens is 564 g/mol. The summed E-state index contributed by atoms with van der Waals surface area (Å²) in [7, 11) is -1.92. The van der Waals surface area contributed by atoms with Crippen molar-refractivity contribution in [2.45, 2.75) is 66.2 Å². The normalized spacial score (nSPS) is 16.8. The van der Waals surface area contributed by atoms with E-state index in [1.165, 1.54) is 0 Å². The van der Waals surface area contributed by atoms with Crippen LogP contribution in [-0.4, -0.2) is 58.1 Å². The first kappa shape index (κ1) is 30.6. The summed E-state index contributed by atoms with van der Waals surface area (Å²) in [5.41, 5.74) is 6.52. The van der Waals surface area contributed by atoms with E-state index in [1.807, 2.05) is 44.4 Å². The summed E-state index contributed by atoms with van der Waals surface area (Å²) in [4.78, 5) is 20.3. The highest BCUT2D eigenvalue weighted by molar-refractivity contribution is 7.89. The van der Waals surface area contributed by atoms with Crippen molar-refractivity contribution in [2.24, 2.45) is 12.5 Å². The van der Waals surface area contributed by atoms with Gasteiger partial charge in [-0.2, -0.15) is 0 Å². The second kappa shape index (κ2) is 11.7. The highest BCUT2D eigenvalue weighted by atomic mass is 32.2. The zero-order valence-corrected chi connectivity index (χ0v) is 26.7. The Balaban J connectivity index is 1.59. The molecule has 0 saturated heterocycles. The summed E-state index contributed by atoms with van der Waals surface area (Å²) >= 11 is 0. The van der Waals surface area contributed by atoms with Gasteiger partial charge in [-0.05, 0) is 60.2 Å². The van der Waals surface area contributed by atoms with Gasteiger partial charge in [0.05, 0.1) is 17.2 Å². The number of hydrogen-bond acceptors (Lipinski definition) is 8. The molecule has 2 aromatic carbocycles. The number of nitrogens with zero attached hydrogens (tertiary/aromatic N) is 5. The number of aryl methyl sites for hydroxylation is 3. The van der Waals surface area contributed by atoms with Crippen LogP contribution in [0.15, 0.2) is 48.8 Å². The molecule has 1 aliphatic heterocycles. The number of nitrogens with one attached hydrogen (secondary N) is 1. The predicted molar refractivity (Wildman–Crippen MR) is 166 cm³/mol. The SMILES string of the molecule is CCC1CN(Cc2cc(C(c3ccc4c(nnn4C)c3C)C(C)(C)C(=O)NS(C)(=O)=O)ccc2C)Cc2cnccc2O1. The Kier molecular flexibility index (Phi) is 8.32. The van der Waals surface area contributed by atoms with E-state index in [4.69, 9.17) is 4.74 Å². The van der Waals surface area contributed by atoms with Crippen LogP contribution < -0.4 is 9.46 Å². The number of benzene rings is 2. The van der Waals surface area contributed by atoms with E-state index < -0.39 is 27.3 Å². The maximum Gasteiger partial charge on any atom is 0.240 e. The summed E-state index contributed by atoms with van der Waals surface area (Å²) in [5.74, 6) is -0.162. The van der Waals surface area contributed by atoms with E-state index in [0.717, 1.165) is 69.4 Å². The van der Waals surface area contributed by atoms with Crippen molar-refractivity contribution in [3.63, 3.8) is 0 Å².